The number of aryl methyl sites for hydroxylation is 1. The molecule has 20 heavy (non-hydrogen) atoms. The summed E-state index contributed by atoms with van der Waals surface area (Å²) in [6.07, 6.45) is 3.90. The topological polar surface area (TPSA) is 46.2 Å². The Morgan fingerprint density at radius 2 is 1.90 bits per heavy atom. The number of halogens is 1. The van der Waals surface area contributed by atoms with Crippen LogP contribution < -0.4 is 4.72 Å². The molecule has 3 nitrogen and oxygen atoms in total. The lowest BCUT2D eigenvalue weighted by Gasteiger charge is -2.29. The molecule has 0 unspecified atom stereocenters. The van der Waals surface area contributed by atoms with E-state index < -0.39 is 10.0 Å². The normalized spacial score (nSPS) is 12.7. The van der Waals surface area contributed by atoms with Gasteiger partial charge in [0.15, 0.2) is 0 Å². The van der Waals surface area contributed by atoms with Crippen molar-refractivity contribution in [2.45, 2.75) is 43.3 Å². The average Bonchev–Trinajstić information content (AvgIpc) is 2.43. The van der Waals surface area contributed by atoms with Crippen LogP contribution in [0.3, 0.4) is 0 Å². The first-order chi connectivity index (χ1) is 9.30. The summed E-state index contributed by atoms with van der Waals surface area (Å²) in [4.78, 5) is 0.342. The van der Waals surface area contributed by atoms with Crippen LogP contribution >= 0.6 is 27.7 Å². The minimum atomic E-state index is -3.47. The van der Waals surface area contributed by atoms with Gasteiger partial charge in [0.25, 0.3) is 0 Å². The second kappa shape index (κ2) is 7.29. The Bertz CT molecular complexity index is 546. The molecule has 0 aliphatic rings. The third-order valence-electron chi connectivity index (χ3n) is 3.75. The lowest BCUT2D eigenvalue weighted by atomic mass is 10.0. The lowest BCUT2D eigenvalue weighted by Crippen LogP contribution is -2.39. The van der Waals surface area contributed by atoms with Crippen molar-refractivity contribution in [3.8, 4) is 0 Å². The molecule has 114 valence electrons. The molecular weight excluding hydrogens is 358 g/mol. The van der Waals surface area contributed by atoms with Gasteiger partial charge in [-0.3, -0.25) is 0 Å². The molecule has 0 fully saturated rings. The fourth-order valence-electron chi connectivity index (χ4n) is 2.03. The Kier molecular flexibility index (Phi) is 6.57. The van der Waals surface area contributed by atoms with Crippen molar-refractivity contribution < 1.29 is 8.42 Å². The van der Waals surface area contributed by atoms with Crippen molar-refractivity contribution in [2.75, 3.05) is 12.8 Å². The molecule has 1 aromatic rings. The van der Waals surface area contributed by atoms with Crippen molar-refractivity contribution in [2.24, 2.45) is 0 Å². The molecule has 0 radical (unpaired) electrons. The van der Waals surface area contributed by atoms with E-state index in [4.69, 9.17) is 0 Å². The molecule has 0 atom stereocenters. The van der Waals surface area contributed by atoms with Crippen LogP contribution in [-0.2, 0) is 10.0 Å². The highest BCUT2D eigenvalue weighted by Gasteiger charge is 2.28. The van der Waals surface area contributed by atoms with Crippen LogP contribution in [0.15, 0.2) is 27.6 Å². The molecule has 0 aliphatic carbocycles. The molecule has 0 spiro atoms. The van der Waals surface area contributed by atoms with Crippen LogP contribution in [0.25, 0.3) is 0 Å². The van der Waals surface area contributed by atoms with Crippen molar-refractivity contribution in [3.63, 3.8) is 0 Å². The summed E-state index contributed by atoms with van der Waals surface area (Å²) in [5.74, 6) is 0. The van der Waals surface area contributed by atoms with Gasteiger partial charge in [-0.15, -0.1) is 0 Å². The summed E-state index contributed by atoms with van der Waals surface area (Å²) in [5.41, 5.74) is 0.753. The fraction of sp³-hybridized carbons (Fsp3) is 0.571. The van der Waals surface area contributed by atoms with Crippen LogP contribution in [0.2, 0.25) is 0 Å². The van der Waals surface area contributed by atoms with E-state index in [1.54, 1.807) is 23.9 Å². The van der Waals surface area contributed by atoms with Gasteiger partial charge in [0.2, 0.25) is 10.0 Å². The number of benzene rings is 1. The summed E-state index contributed by atoms with van der Waals surface area (Å²) in [5, 5.41) is 0. The summed E-state index contributed by atoms with van der Waals surface area (Å²) in [6.45, 7) is 6.45. The predicted octanol–water partition coefficient (Wildman–Crippen LogP) is 3.96. The number of hydrogen-bond donors (Lipinski definition) is 1. The quantitative estimate of drug-likeness (QED) is 0.779. The van der Waals surface area contributed by atoms with Crippen molar-refractivity contribution in [3.05, 3.63) is 28.2 Å². The first-order valence-corrected chi connectivity index (χ1v) is 10.1. The standard InChI is InChI=1S/C14H22BrNO2S2/c1-5-14(6-2,19-4)10-16-20(17,18)13-9-12(15)8-7-11(13)3/h7-9,16H,5-6,10H2,1-4H3. The van der Waals surface area contributed by atoms with Crippen LogP contribution in [0.5, 0.6) is 0 Å². The Labute approximate surface area is 135 Å². The number of hydrogen-bond acceptors (Lipinski definition) is 3. The molecule has 0 saturated heterocycles. The number of nitrogens with one attached hydrogen (secondary N) is 1. The molecule has 0 aromatic heterocycles. The van der Waals surface area contributed by atoms with Crippen molar-refractivity contribution in [1.29, 1.82) is 0 Å². The number of rotatable bonds is 7. The predicted molar refractivity (Wildman–Crippen MR) is 90.9 cm³/mol. The Morgan fingerprint density at radius 3 is 2.40 bits per heavy atom. The molecule has 0 aliphatic heterocycles. The van der Waals surface area contributed by atoms with Crippen LogP contribution in [0.4, 0.5) is 0 Å². The van der Waals surface area contributed by atoms with E-state index in [0.29, 0.717) is 11.4 Å². The molecule has 1 N–H and O–H groups in total. The molecule has 1 rings (SSSR count). The van der Waals surface area contributed by atoms with Crippen LogP contribution in [0, 0.1) is 6.92 Å². The Hall–Kier alpha value is -0.0400. The lowest BCUT2D eigenvalue weighted by molar-refractivity contribution is 0.522. The van der Waals surface area contributed by atoms with Crippen molar-refractivity contribution in [1.82, 2.24) is 4.72 Å². The molecule has 1 aromatic carbocycles. The van der Waals surface area contributed by atoms with Gasteiger partial charge in [-0.1, -0.05) is 35.8 Å². The summed E-state index contributed by atoms with van der Waals surface area (Å²) in [6, 6.07) is 5.30. The van der Waals surface area contributed by atoms with Gasteiger partial charge in [0.05, 0.1) is 4.90 Å². The minimum Gasteiger partial charge on any atom is -0.210 e. The van der Waals surface area contributed by atoms with Gasteiger partial charge in [-0.2, -0.15) is 11.8 Å². The van der Waals surface area contributed by atoms with E-state index in [2.05, 4.69) is 34.5 Å². The highest BCUT2D eigenvalue weighted by molar-refractivity contribution is 9.10. The number of sulfonamides is 1. The van der Waals surface area contributed by atoms with Crippen LogP contribution in [-0.4, -0.2) is 26.0 Å². The summed E-state index contributed by atoms with van der Waals surface area (Å²) < 4.78 is 28.4. The van der Waals surface area contributed by atoms with Gasteiger partial charge < -0.3 is 0 Å². The highest BCUT2D eigenvalue weighted by Crippen LogP contribution is 2.30. The minimum absolute atomic E-state index is 0.0347. The molecular formula is C14H22BrNO2S2. The largest absolute Gasteiger partial charge is 0.240 e. The zero-order valence-electron chi connectivity index (χ0n) is 12.4. The SMILES string of the molecule is CCC(CC)(CNS(=O)(=O)c1cc(Br)ccc1C)SC. The van der Waals surface area contributed by atoms with E-state index in [1.165, 1.54) is 0 Å². The summed E-state index contributed by atoms with van der Waals surface area (Å²) >= 11 is 5.05. The zero-order chi connectivity index (χ0) is 15.4. The van der Waals surface area contributed by atoms with Crippen LogP contribution in [0.1, 0.15) is 32.3 Å². The van der Waals surface area contributed by atoms with Gasteiger partial charge in [-0.25, -0.2) is 13.1 Å². The average molecular weight is 380 g/mol. The maximum absolute atomic E-state index is 12.5. The van der Waals surface area contributed by atoms with E-state index >= 15 is 0 Å². The number of thioether (sulfide) groups is 1. The van der Waals surface area contributed by atoms with Crippen molar-refractivity contribution >= 4 is 37.7 Å². The van der Waals surface area contributed by atoms with Gasteiger partial charge in [0, 0.05) is 15.8 Å². The molecule has 0 saturated carbocycles. The Morgan fingerprint density at radius 1 is 1.30 bits per heavy atom. The second-order valence-electron chi connectivity index (χ2n) is 4.83. The molecule has 0 heterocycles. The highest BCUT2D eigenvalue weighted by atomic mass is 79.9. The summed E-state index contributed by atoms with van der Waals surface area (Å²) in [7, 11) is -3.47. The van der Waals surface area contributed by atoms with E-state index in [-0.39, 0.29) is 4.75 Å². The van der Waals surface area contributed by atoms with Gasteiger partial charge >= 0.3 is 0 Å². The maximum atomic E-state index is 12.5. The molecule has 6 heteroatoms. The zero-order valence-corrected chi connectivity index (χ0v) is 15.6. The first kappa shape index (κ1) is 18.0. The first-order valence-electron chi connectivity index (χ1n) is 6.61. The fourth-order valence-corrected chi connectivity index (χ4v) is 4.82. The third kappa shape index (κ3) is 4.23. The van der Waals surface area contributed by atoms with E-state index in [9.17, 15) is 8.42 Å². The smallest absolute Gasteiger partial charge is 0.210 e. The molecule has 0 bridgehead atoms. The second-order valence-corrected chi connectivity index (χ2v) is 8.75. The Balaban J connectivity index is 2.98. The third-order valence-corrected chi connectivity index (χ3v) is 7.37. The molecule has 0 amide bonds. The van der Waals surface area contributed by atoms with E-state index in [1.807, 2.05) is 19.2 Å². The van der Waals surface area contributed by atoms with Gasteiger partial charge in [-0.05, 0) is 43.7 Å². The van der Waals surface area contributed by atoms with E-state index in [0.717, 1.165) is 22.9 Å². The monoisotopic (exact) mass is 379 g/mol. The van der Waals surface area contributed by atoms with Gasteiger partial charge in [0.1, 0.15) is 0 Å². The maximum Gasteiger partial charge on any atom is 0.240 e.